The molecule has 0 aliphatic carbocycles. The number of aryl methyl sites for hydroxylation is 2. The Kier molecular flexibility index (Phi) is 7.44. The van der Waals surface area contributed by atoms with E-state index in [0.717, 1.165) is 29.7 Å². The first-order valence-electron chi connectivity index (χ1n) is 12.7. The number of anilines is 1. The predicted octanol–water partition coefficient (Wildman–Crippen LogP) is 6.48. The first kappa shape index (κ1) is 26.2. The van der Waals surface area contributed by atoms with E-state index >= 15 is 0 Å². The fourth-order valence-electron chi connectivity index (χ4n) is 5.06. The second-order valence-electron chi connectivity index (χ2n) is 11.3. The van der Waals surface area contributed by atoms with Gasteiger partial charge in [-0.25, -0.2) is 0 Å². The van der Waals surface area contributed by atoms with Crippen LogP contribution in [0.15, 0.2) is 66.4 Å². The number of quaternary nitrogens is 1. The molecule has 0 bridgehead atoms. The molecule has 4 rings (SSSR count). The number of hydrogen-bond donors (Lipinski definition) is 0. The summed E-state index contributed by atoms with van der Waals surface area (Å²) in [7, 11) is 10.7. The third-order valence-electron chi connectivity index (χ3n) is 7.05. The van der Waals surface area contributed by atoms with Crippen molar-refractivity contribution >= 4 is 33.3 Å². The van der Waals surface area contributed by atoms with Crippen molar-refractivity contribution in [2.75, 3.05) is 46.7 Å². The summed E-state index contributed by atoms with van der Waals surface area (Å²) in [5.41, 5.74) is 6.39. The maximum Gasteiger partial charge on any atom is 0.262 e. The van der Waals surface area contributed by atoms with Gasteiger partial charge in [0.15, 0.2) is 6.54 Å². The number of hydrogen-bond acceptors (Lipinski definition) is 3. The summed E-state index contributed by atoms with van der Waals surface area (Å²) in [6.45, 7) is 8.92. The fraction of sp³-hybridized carbons (Fsp3) is 0.387. The van der Waals surface area contributed by atoms with Crippen molar-refractivity contribution in [2.24, 2.45) is 0 Å². The summed E-state index contributed by atoms with van der Waals surface area (Å²) in [4.78, 5) is 2.29. The lowest BCUT2D eigenvalue weighted by Gasteiger charge is -2.23. The van der Waals surface area contributed by atoms with Crippen LogP contribution in [0.3, 0.4) is 0 Å². The van der Waals surface area contributed by atoms with Gasteiger partial charge in [-0.05, 0) is 48.4 Å². The predicted molar refractivity (Wildman–Crippen MR) is 155 cm³/mol. The normalized spacial score (nSPS) is 16.7. The highest BCUT2D eigenvalue weighted by atomic mass is 32.1. The zero-order chi connectivity index (χ0) is 26.1. The largest absolute Gasteiger partial charge is 0.497 e. The van der Waals surface area contributed by atoms with E-state index in [4.69, 9.17) is 4.74 Å². The molecule has 5 heteroatoms. The molecule has 0 saturated carbocycles. The smallest absolute Gasteiger partial charge is 0.262 e. The molecule has 3 aromatic rings. The van der Waals surface area contributed by atoms with Crippen LogP contribution in [0.4, 0.5) is 5.69 Å². The van der Waals surface area contributed by atoms with E-state index in [9.17, 15) is 0 Å². The summed E-state index contributed by atoms with van der Waals surface area (Å²) >= 11 is 1.88. The highest BCUT2D eigenvalue weighted by Crippen LogP contribution is 2.48. The summed E-state index contributed by atoms with van der Waals surface area (Å²) in [6, 6.07) is 13.2. The molecule has 190 valence electrons. The molecular formula is C31H41N3OS+2. The fourth-order valence-corrected chi connectivity index (χ4v) is 6.26. The molecule has 0 amide bonds. The molecule has 1 aliphatic heterocycles. The first-order valence-corrected chi connectivity index (χ1v) is 13.5. The molecule has 1 aromatic heterocycles. The third-order valence-corrected chi connectivity index (χ3v) is 8.17. The molecule has 0 radical (unpaired) electrons. The molecule has 36 heavy (non-hydrogen) atoms. The number of fused-ring (bicyclic) bond motifs is 2. The minimum Gasteiger partial charge on any atom is -0.497 e. The lowest BCUT2D eigenvalue weighted by Crippen LogP contribution is -2.40. The van der Waals surface area contributed by atoms with Crippen LogP contribution in [-0.2, 0) is 12.0 Å². The zero-order valence-corrected chi connectivity index (χ0v) is 23.9. The molecule has 0 unspecified atom stereocenters. The van der Waals surface area contributed by atoms with Gasteiger partial charge in [-0.2, -0.15) is 4.57 Å². The minimum absolute atomic E-state index is 0.0788. The average Bonchev–Trinajstić information content (AvgIpc) is 3.24. The van der Waals surface area contributed by atoms with E-state index in [2.05, 4.69) is 119 Å². The van der Waals surface area contributed by atoms with Crippen LogP contribution in [0.1, 0.15) is 36.4 Å². The summed E-state index contributed by atoms with van der Waals surface area (Å²) in [5.74, 6) is 0.906. The maximum absolute atomic E-state index is 5.47. The minimum atomic E-state index is -0.0788. The van der Waals surface area contributed by atoms with Gasteiger partial charge in [-0.15, -0.1) is 0 Å². The Balaban J connectivity index is 1.55. The highest BCUT2D eigenvalue weighted by molar-refractivity contribution is 7.18. The molecule has 0 spiro atoms. The van der Waals surface area contributed by atoms with E-state index in [0.29, 0.717) is 0 Å². The van der Waals surface area contributed by atoms with Crippen molar-refractivity contribution in [3.8, 4) is 5.75 Å². The summed E-state index contributed by atoms with van der Waals surface area (Å²) < 4.78 is 10.3. The van der Waals surface area contributed by atoms with Crippen LogP contribution in [0.2, 0.25) is 0 Å². The van der Waals surface area contributed by atoms with Gasteiger partial charge in [0.2, 0.25) is 5.52 Å². The van der Waals surface area contributed by atoms with Crippen LogP contribution < -0.4 is 14.2 Å². The van der Waals surface area contributed by atoms with Crippen molar-refractivity contribution in [1.82, 2.24) is 0 Å². The van der Waals surface area contributed by atoms with E-state index in [-0.39, 0.29) is 5.41 Å². The monoisotopic (exact) mass is 503 g/mol. The molecule has 0 fully saturated rings. The number of rotatable bonds is 8. The quantitative estimate of drug-likeness (QED) is 0.199. The molecule has 2 aromatic carbocycles. The molecule has 1 aliphatic rings. The third kappa shape index (κ3) is 5.42. The van der Waals surface area contributed by atoms with Crippen molar-refractivity contribution in [3.63, 3.8) is 0 Å². The van der Waals surface area contributed by atoms with Crippen LogP contribution in [0.25, 0.3) is 16.3 Å². The van der Waals surface area contributed by atoms with Crippen molar-refractivity contribution in [1.29, 1.82) is 0 Å². The number of benzene rings is 2. The van der Waals surface area contributed by atoms with Gasteiger partial charge in [-0.3, -0.25) is 0 Å². The lowest BCUT2D eigenvalue weighted by atomic mass is 9.83. The highest BCUT2D eigenvalue weighted by Gasteiger charge is 2.38. The zero-order valence-electron chi connectivity index (χ0n) is 23.1. The maximum atomic E-state index is 5.47. The molecular weight excluding hydrogens is 462 g/mol. The van der Waals surface area contributed by atoms with Crippen LogP contribution in [0.5, 0.6) is 5.75 Å². The van der Waals surface area contributed by atoms with Gasteiger partial charge in [-0.1, -0.05) is 49.5 Å². The Hall–Kier alpha value is -2.89. The molecule has 0 atom stereocenters. The van der Waals surface area contributed by atoms with Crippen molar-refractivity contribution in [3.05, 3.63) is 82.5 Å². The van der Waals surface area contributed by atoms with E-state index in [1.165, 1.54) is 37.7 Å². The standard InChI is InChI=1S/C31H41N3OS/c1-23-15-17-27-28(21-23)36-30(33(27)19-12-20-34(5,6)7)14-11-9-10-13-29-31(2,3)25-22-24(35-8)16-18-26(25)32(29)4/h9-11,13-18,21-22H,12,19-20H2,1-8H3/q+2. The van der Waals surface area contributed by atoms with Crippen molar-refractivity contribution in [2.45, 2.75) is 39.2 Å². The number of ether oxygens (including phenoxy) is 1. The van der Waals surface area contributed by atoms with Gasteiger partial charge in [0, 0.05) is 36.0 Å². The lowest BCUT2D eigenvalue weighted by molar-refractivity contribution is -0.873. The topological polar surface area (TPSA) is 16.4 Å². The Morgan fingerprint density at radius 1 is 1.06 bits per heavy atom. The first-order chi connectivity index (χ1) is 17.0. The average molecular weight is 504 g/mol. The van der Waals surface area contributed by atoms with E-state index in [1.54, 1.807) is 7.11 Å². The van der Waals surface area contributed by atoms with Crippen LogP contribution in [0, 0.1) is 6.92 Å². The van der Waals surface area contributed by atoms with E-state index in [1.807, 2.05) is 17.4 Å². The van der Waals surface area contributed by atoms with Gasteiger partial charge in [0.25, 0.3) is 5.01 Å². The summed E-state index contributed by atoms with van der Waals surface area (Å²) in [5, 5.41) is 1.30. The Morgan fingerprint density at radius 3 is 2.56 bits per heavy atom. The van der Waals surface area contributed by atoms with Crippen LogP contribution in [-0.4, -0.2) is 46.3 Å². The Morgan fingerprint density at radius 2 is 1.83 bits per heavy atom. The second kappa shape index (κ2) is 10.2. The number of aromatic nitrogens is 1. The number of allylic oxidation sites excluding steroid dienone is 5. The molecule has 0 N–H and O–H groups in total. The Labute approximate surface area is 221 Å². The summed E-state index contributed by atoms with van der Waals surface area (Å²) in [6.07, 6.45) is 12.1. The molecule has 0 saturated heterocycles. The Bertz CT molecular complexity index is 1340. The number of nitrogens with zero attached hydrogens (tertiary/aromatic N) is 3. The number of likely N-dealkylation sites (N-methyl/N-ethyl adjacent to an activating group) is 1. The number of methoxy groups -OCH3 is 1. The van der Waals surface area contributed by atoms with Gasteiger partial charge < -0.3 is 14.1 Å². The van der Waals surface area contributed by atoms with Gasteiger partial charge in [0.05, 0.1) is 41.2 Å². The SMILES string of the molecule is COc1ccc2c(c1)C(C)(C)\C(=C/C=C/C=C/c1sc3cc(C)ccc3[n+]1CCC[N+](C)(C)C)N2C. The van der Waals surface area contributed by atoms with Crippen LogP contribution >= 0.6 is 11.3 Å². The van der Waals surface area contributed by atoms with Gasteiger partial charge in [0.1, 0.15) is 10.4 Å². The second-order valence-corrected chi connectivity index (χ2v) is 12.4. The van der Waals surface area contributed by atoms with E-state index < -0.39 is 0 Å². The van der Waals surface area contributed by atoms with Crippen molar-refractivity contribution < 1.29 is 13.8 Å². The molecule has 2 heterocycles. The number of thiazole rings is 1. The van der Waals surface area contributed by atoms with Gasteiger partial charge >= 0.3 is 0 Å². The molecule has 4 nitrogen and oxygen atoms in total.